The van der Waals surface area contributed by atoms with Gasteiger partial charge >= 0.3 is 5.97 Å². The number of piperidine rings is 1. The van der Waals surface area contributed by atoms with Crippen LogP contribution in [-0.4, -0.2) is 155 Å². The lowest BCUT2D eigenvalue weighted by Crippen LogP contribution is -2.60. The Morgan fingerprint density at radius 1 is 1.11 bits per heavy atom. The van der Waals surface area contributed by atoms with Crippen molar-refractivity contribution in [2.75, 3.05) is 40.8 Å². The van der Waals surface area contributed by atoms with Crippen molar-refractivity contribution in [1.29, 1.82) is 0 Å². The molecule has 0 aliphatic carbocycles. The quantitative estimate of drug-likeness (QED) is 0.374. The summed E-state index contributed by atoms with van der Waals surface area (Å²) in [5.41, 5.74) is -2.77. The topological polar surface area (TPSA) is 151 Å². The Bertz CT molecular complexity index is 1410. The highest BCUT2D eigenvalue weighted by Gasteiger charge is 2.58. The lowest BCUT2D eigenvalue weighted by molar-refractivity contribution is -0.331. The van der Waals surface area contributed by atoms with Crippen molar-refractivity contribution >= 4 is 23.2 Å². The second kappa shape index (κ2) is 17.0. The Hall–Kier alpha value is -1.72. The number of hydrogen-bond acceptors (Lipinski definition) is 13. The van der Waals surface area contributed by atoms with Crippen LogP contribution in [0, 0.1) is 17.8 Å². The molecule has 4 aliphatic heterocycles. The van der Waals surface area contributed by atoms with E-state index in [-0.39, 0.29) is 30.4 Å². The molecule has 0 unspecified atom stereocenters. The van der Waals surface area contributed by atoms with E-state index in [0.717, 1.165) is 0 Å². The van der Waals surface area contributed by atoms with Crippen LogP contribution in [0.4, 0.5) is 0 Å². The van der Waals surface area contributed by atoms with Crippen LogP contribution in [0.15, 0.2) is 17.5 Å². The number of likely N-dealkylation sites (tertiary alicyclic amines) is 1. The molecular weight excluding hydrogens is 715 g/mol. The number of esters is 1. The summed E-state index contributed by atoms with van der Waals surface area (Å²) in [6, 6.07) is 3.02. The summed E-state index contributed by atoms with van der Waals surface area (Å²) in [6.45, 7) is 16.4. The van der Waals surface area contributed by atoms with E-state index in [2.05, 4.69) is 6.92 Å². The van der Waals surface area contributed by atoms with Crippen LogP contribution < -0.4 is 0 Å². The maximum atomic E-state index is 14.3. The molecule has 308 valence electrons. The van der Waals surface area contributed by atoms with Crippen LogP contribution in [0.3, 0.4) is 0 Å². The Kier molecular flexibility index (Phi) is 13.7. The Labute approximate surface area is 326 Å². The molecule has 1 amide bonds. The van der Waals surface area contributed by atoms with E-state index in [1.807, 2.05) is 88.0 Å². The monoisotopic (exact) mass is 781 g/mol. The number of cyclic esters (lactones) is 1. The van der Waals surface area contributed by atoms with E-state index in [4.69, 9.17) is 23.7 Å². The number of nitrogens with zero attached hydrogens (tertiary/aromatic N) is 3. The van der Waals surface area contributed by atoms with Gasteiger partial charge in [-0.3, -0.25) is 9.59 Å². The standard InChI is InChI=1S/C40H67N3O10S/c1-12-30-39(8,48)33(45)27(6)42(11)22-23(2)21-38(7)34(51-37-31(44)28(41(9)10)20-24(3)49-37)25(4)32(26(5)36(47)50-30)52-40(53-38)15-17-43(18-16-40)35(46)29-14-13-19-54-29/h13-14,19,23-28,30-34,37,44-45,48H,12,15-18,20-22H2,1-11H3/t23-,24-,25+,26-,27-,28+,30-,31-,32+,33-,34-,37+,38-,39-/m1/s1. The zero-order valence-corrected chi connectivity index (χ0v) is 35.1. The fraction of sp³-hybridized carbons (Fsp3) is 0.850. The van der Waals surface area contributed by atoms with Gasteiger partial charge in [0.1, 0.15) is 23.9 Å². The number of aliphatic hydroxyl groups is 3. The zero-order valence-electron chi connectivity index (χ0n) is 34.3. The minimum Gasteiger partial charge on any atom is -0.459 e. The smallest absolute Gasteiger partial charge is 0.311 e. The number of ether oxygens (including phenoxy) is 5. The minimum absolute atomic E-state index is 0.0138. The summed E-state index contributed by atoms with van der Waals surface area (Å²) >= 11 is 1.41. The van der Waals surface area contributed by atoms with Crippen molar-refractivity contribution in [3.63, 3.8) is 0 Å². The molecule has 4 aliphatic rings. The van der Waals surface area contributed by atoms with Gasteiger partial charge in [-0.15, -0.1) is 11.3 Å². The van der Waals surface area contributed by atoms with Gasteiger partial charge < -0.3 is 53.7 Å². The van der Waals surface area contributed by atoms with E-state index >= 15 is 0 Å². The highest BCUT2D eigenvalue weighted by Crippen LogP contribution is 2.48. The van der Waals surface area contributed by atoms with Crippen molar-refractivity contribution in [2.45, 2.75) is 159 Å². The molecular formula is C40H67N3O10S. The number of hydrogen-bond donors (Lipinski definition) is 3. The molecule has 13 nitrogen and oxygen atoms in total. The third-order valence-electron chi connectivity index (χ3n) is 12.7. The van der Waals surface area contributed by atoms with E-state index in [9.17, 15) is 24.9 Å². The van der Waals surface area contributed by atoms with Gasteiger partial charge in [0.15, 0.2) is 12.1 Å². The largest absolute Gasteiger partial charge is 0.459 e. The van der Waals surface area contributed by atoms with E-state index < -0.39 is 77.6 Å². The van der Waals surface area contributed by atoms with Crippen molar-refractivity contribution in [3.8, 4) is 0 Å². The summed E-state index contributed by atoms with van der Waals surface area (Å²) in [7, 11) is 5.78. The minimum atomic E-state index is -1.74. The van der Waals surface area contributed by atoms with Gasteiger partial charge in [-0.2, -0.15) is 0 Å². The van der Waals surface area contributed by atoms with Gasteiger partial charge in [-0.05, 0) is 92.4 Å². The SMILES string of the molecule is CC[C@H]1OC(=O)[C@H](C)[C@H]2OC3(CCN(C(=O)c4cccs4)CC3)O[C@](C)(C[C@@H](C)CN(C)[C@H](C)[C@@H](O)[C@]1(C)O)[C@H](O[C@@H]1O[C@H](C)C[C@H](N(C)C)[C@H]1O)[C@H]2C. The Morgan fingerprint density at radius 2 is 1.78 bits per heavy atom. The predicted molar refractivity (Wildman–Crippen MR) is 205 cm³/mol. The molecule has 14 heteroatoms. The van der Waals surface area contributed by atoms with E-state index in [1.54, 1.807) is 6.92 Å². The molecule has 1 aromatic rings. The van der Waals surface area contributed by atoms with E-state index in [1.165, 1.54) is 18.3 Å². The molecule has 54 heavy (non-hydrogen) atoms. The number of carbonyl (C=O) groups excluding carboxylic acids is 2. The average molecular weight is 782 g/mol. The molecule has 4 fully saturated rings. The maximum Gasteiger partial charge on any atom is 0.311 e. The first-order chi connectivity index (χ1) is 25.2. The molecule has 0 radical (unpaired) electrons. The predicted octanol–water partition coefficient (Wildman–Crippen LogP) is 3.73. The molecule has 0 aromatic carbocycles. The second-order valence-electron chi connectivity index (χ2n) is 17.4. The number of carbonyl (C=O) groups is 2. The van der Waals surface area contributed by atoms with Crippen molar-refractivity contribution < 1.29 is 48.6 Å². The average Bonchev–Trinajstić information content (AvgIpc) is 3.64. The molecule has 1 spiro atoms. The third kappa shape index (κ3) is 8.88. The van der Waals surface area contributed by atoms with Crippen LogP contribution in [0.1, 0.15) is 97.2 Å². The van der Waals surface area contributed by atoms with Crippen LogP contribution in [0.25, 0.3) is 0 Å². The maximum absolute atomic E-state index is 14.3. The molecule has 2 bridgehead atoms. The summed E-state index contributed by atoms with van der Waals surface area (Å²) < 4.78 is 33.9. The third-order valence-corrected chi connectivity index (χ3v) is 13.6. The fourth-order valence-corrected chi connectivity index (χ4v) is 10.2. The van der Waals surface area contributed by atoms with Gasteiger partial charge in [0, 0.05) is 50.5 Å². The number of fused-ring (bicyclic) bond motifs is 3. The van der Waals surface area contributed by atoms with Gasteiger partial charge in [-0.25, -0.2) is 0 Å². The lowest BCUT2D eigenvalue weighted by Gasteiger charge is -2.49. The highest BCUT2D eigenvalue weighted by molar-refractivity contribution is 7.12. The fourth-order valence-electron chi connectivity index (χ4n) is 9.53. The second-order valence-corrected chi connectivity index (χ2v) is 18.4. The first-order valence-corrected chi connectivity index (χ1v) is 20.8. The molecule has 4 saturated heterocycles. The van der Waals surface area contributed by atoms with Gasteiger partial charge in [0.25, 0.3) is 5.91 Å². The highest BCUT2D eigenvalue weighted by atomic mass is 32.1. The summed E-state index contributed by atoms with van der Waals surface area (Å²) in [5.74, 6) is -3.13. The van der Waals surface area contributed by atoms with E-state index in [0.29, 0.717) is 50.2 Å². The van der Waals surface area contributed by atoms with Crippen LogP contribution in [0.2, 0.25) is 0 Å². The van der Waals surface area contributed by atoms with Crippen LogP contribution in [0.5, 0.6) is 0 Å². The molecule has 14 atom stereocenters. The van der Waals surface area contributed by atoms with Crippen molar-refractivity contribution in [1.82, 2.24) is 14.7 Å². The molecule has 0 saturated carbocycles. The number of amides is 1. The summed E-state index contributed by atoms with van der Waals surface area (Å²) in [5, 5.41) is 36.9. The molecule has 5 heterocycles. The normalized spacial score (nSPS) is 43.0. The van der Waals surface area contributed by atoms with Gasteiger partial charge in [0.2, 0.25) is 0 Å². The molecule has 3 N–H and O–H groups in total. The molecule has 5 rings (SSSR count). The lowest BCUT2D eigenvalue weighted by atomic mass is 9.78. The first-order valence-electron chi connectivity index (χ1n) is 19.9. The Morgan fingerprint density at radius 3 is 2.37 bits per heavy atom. The van der Waals surface area contributed by atoms with Crippen LogP contribution in [-0.2, 0) is 28.5 Å². The summed E-state index contributed by atoms with van der Waals surface area (Å²) in [4.78, 5) is 34.2. The molecule has 1 aromatic heterocycles. The number of likely N-dealkylation sites (N-methyl/N-ethyl adjacent to an activating group) is 2. The zero-order chi connectivity index (χ0) is 39.9. The number of rotatable bonds is 5. The first kappa shape index (κ1) is 43.4. The van der Waals surface area contributed by atoms with Gasteiger partial charge in [0.05, 0.1) is 34.7 Å². The Balaban J connectivity index is 1.60. The van der Waals surface area contributed by atoms with Gasteiger partial charge in [-0.1, -0.05) is 26.8 Å². The number of aliphatic hydroxyl groups excluding tert-OH is 2. The van der Waals surface area contributed by atoms with Crippen molar-refractivity contribution in [3.05, 3.63) is 22.4 Å². The van der Waals surface area contributed by atoms with Crippen LogP contribution >= 0.6 is 11.3 Å². The summed E-state index contributed by atoms with van der Waals surface area (Å²) in [6.07, 6.45) is -3.70. The number of thiophene rings is 1. The van der Waals surface area contributed by atoms with Crippen molar-refractivity contribution in [2.24, 2.45) is 17.8 Å².